The highest BCUT2D eigenvalue weighted by atomic mass is 16.5. The van der Waals surface area contributed by atoms with Crippen LogP contribution in [0.15, 0.2) is 36.5 Å². The number of benzene rings is 1. The van der Waals surface area contributed by atoms with Gasteiger partial charge in [-0.05, 0) is 6.42 Å². The first kappa shape index (κ1) is 17.4. The molecule has 124 valence electrons. The number of hydrogen-bond acceptors (Lipinski definition) is 4. The molecule has 0 fully saturated rings. The molecular weight excluding hydrogens is 286 g/mol. The highest BCUT2D eigenvalue weighted by Gasteiger charge is 2.03. The minimum Gasteiger partial charge on any atom is -0.462 e. The van der Waals surface area contributed by atoms with Gasteiger partial charge in [-0.3, -0.25) is 0 Å². The van der Waals surface area contributed by atoms with E-state index in [9.17, 15) is 0 Å². The normalized spacial score (nSPS) is 10.7. The third-order valence-electron chi connectivity index (χ3n) is 3.84. The molecule has 0 aliphatic carbocycles. The van der Waals surface area contributed by atoms with Gasteiger partial charge in [0.2, 0.25) is 0 Å². The topological polar surface area (TPSA) is 47.9 Å². The molecule has 0 atom stereocenters. The van der Waals surface area contributed by atoms with E-state index in [4.69, 9.17) is 4.74 Å². The van der Waals surface area contributed by atoms with Crippen LogP contribution < -0.4 is 4.74 Å². The van der Waals surface area contributed by atoms with Crippen LogP contribution in [0.4, 0.5) is 0 Å². The van der Waals surface area contributed by atoms with Crippen LogP contribution in [0.3, 0.4) is 0 Å². The predicted octanol–water partition coefficient (Wildman–Crippen LogP) is 5.06. The lowest BCUT2D eigenvalue weighted by atomic mass is 10.1. The minimum absolute atomic E-state index is 0.370. The summed E-state index contributed by atoms with van der Waals surface area (Å²) in [5, 5.41) is 7.93. The Hall–Kier alpha value is -1.97. The summed E-state index contributed by atoms with van der Waals surface area (Å²) in [6.07, 6.45) is 12.0. The molecule has 0 saturated heterocycles. The number of unbranched alkanes of at least 4 members (excludes halogenated alkanes) is 7. The molecule has 0 aliphatic rings. The Morgan fingerprint density at radius 2 is 1.57 bits per heavy atom. The zero-order valence-corrected chi connectivity index (χ0v) is 14.1. The fraction of sp³-hybridized carbons (Fsp3) is 0.526. The van der Waals surface area contributed by atoms with Gasteiger partial charge in [-0.2, -0.15) is 10.1 Å². The molecule has 0 spiro atoms. The molecule has 0 radical (unpaired) electrons. The SMILES string of the molecule is CCCCCCCCCCOc1nncc(-c2ccccc2)n1. The van der Waals surface area contributed by atoms with E-state index >= 15 is 0 Å². The molecular formula is C19H27N3O. The number of rotatable bonds is 11. The van der Waals surface area contributed by atoms with Crippen LogP contribution in [0.1, 0.15) is 58.3 Å². The summed E-state index contributed by atoms with van der Waals surface area (Å²) in [4.78, 5) is 4.41. The van der Waals surface area contributed by atoms with Gasteiger partial charge in [0.1, 0.15) is 0 Å². The molecule has 0 aliphatic heterocycles. The monoisotopic (exact) mass is 313 g/mol. The van der Waals surface area contributed by atoms with E-state index in [1.54, 1.807) is 6.20 Å². The van der Waals surface area contributed by atoms with Gasteiger partial charge in [0.15, 0.2) is 0 Å². The summed E-state index contributed by atoms with van der Waals surface area (Å²) in [5.41, 5.74) is 1.82. The fourth-order valence-corrected chi connectivity index (χ4v) is 2.50. The highest BCUT2D eigenvalue weighted by molar-refractivity contribution is 5.57. The van der Waals surface area contributed by atoms with Crippen LogP contribution in [0.25, 0.3) is 11.3 Å². The Kier molecular flexibility index (Phi) is 8.09. The molecule has 1 aromatic carbocycles. The Balaban J connectivity index is 1.65. The smallest absolute Gasteiger partial charge is 0.336 e. The molecule has 2 aromatic rings. The molecule has 0 bridgehead atoms. The van der Waals surface area contributed by atoms with Crippen molar-refractivity contribution in [2.24, 2.45) is 0 Å². The Labute approximate surface area is 139 Å². The van der Waals surface area contributed by atoms with Gasteiger partial charge >= 0.3 is 6.01 Å². The largest absolute Gasteiger partial charge is 0.462 e. The third-order valence-corrected chi connectivity index (χ3v) is 3.84. The van der Waals surface area contributed by atoms with Crippen molar-refractivity contribution in [3.05, 3.63) is 36.5 Å². The summed E-state index contributed by atoms with van der Waals surface area (Å²) >= 11 is 0. The van der Waals surface area contributed by atoms with Gasteiger partial charge in [0.25, 0.3) is 0 Å². The van der Waals surface area contributed by atoms with Crippen molar-refractivity contribution in [3.8, 4) is 17.3 Å². The lowest BCUT2D eigenvalue weighted by Gasteiger charge is -2.05. The van der Waals surface area contributed by atoms with Crippen LogP contribution >= 0.6 is 0 Å². The summed E-state index contributed by atoms with van der Waals surface area (Å²) in [6, 6.07) is 10.3. The maximum atomic E-state index is 5.63. The van der Waals surface area contributed by atoms with E-state index in [0.29, 0.717) is 12.6 Å². The summed E-state index contributed by atoms with van der Waals surface area (Å²) in [5.74, 6) is 0. The van der Waals surface area contributed by atoms with Crippen LogP contribution in [0.2, 0.25) is 0 Å². The Bertz CT molecular complexity index is 545. The third kappa shape index (κ3) is 6.76. The Morgan fingerprint density at radius 1 is 0.870 bits per heavy atom. The first-order valence-electron chi connectivity index (χ1n) is 8.78. The average Bonchev–Trinajstić information content (AvgIpc) is 2.61. The standard InChI is InChI=1S/C19H27N3O/c1-2-3-4-5-6-7-8-12-15-23-19-21-18(16-20-22-19)17-13-10-9-11-14-17/h9-11,13-14,16H,2-8,12,15H2,1H3. The van der Waals surface area contributed by atoms with Gasteiger partial charge in [-0.25, -0.2) is 0 Å². The van der Waals surface area contributed by atoms with Crippen molar-refractivity contribution in [1.29, 1.82) is 0 Å². The second-order valence-corrected chi connectivity index (χ2v) is 5.81. The molecule has 2 rings (SSSR count). The van der Waals surface area contributed by atoms with Crippen molar-refractivity contribution in [2.45, 2.75) is 58.3 Å². The van der Waals surface area contributed by atoms with Gasteiger partial charge in [-0.1, -0.05) is 87.3 Å². The molecule has 0 unspecified atom stereocenters. The average molecular weight is 313 g/mol. The van der Waals surface area contributed by atoms with E-state index in [1.807, 2.05) is 30.3 Å². The van der Waals surface area contributed by atoms with Crippen LogP contribution in [-0.2, 0) is 0 Å². The minimum atomic E-state index is 0.370. The van der Waals surface area contributed by atoms with Crippen molar-refractivity contribution in [3.63, 3.8) is 0 Å². The number of nitrogens with zero attached hydrogens (tertiary/aromatic N) is 3. The molecule has 4 nitrogen and oxygen atoms in total. The van der Waals surface area contributed by atoms with E-state index in [-0.39, 0.29) is 0 Å². The van der Waals surface area contributed by atoms with Crippen molar-refractivity contribution >= 4 is 0 Å². The molecule has 0 amide bonds. The molecule has 0 saturated carbocycles. The maximum Gasteiger partial charge on any atom is 0.336 e. The van der Waals surface area contributed by atoms with E-state index in [1.165, 1.54) is 44.9 Å². The molecule has 4 heteroatoms. The lowest BCUT2D eigenvalue weighted by molar-refractivity contribution is 0.277. The van der Waals surface area contributed by atoms with Crippen LogP contribution in [0, 0.1) is 0 Å². The van der Waals surface area contributed by atoms with E-state index < -0.39 is 0 Å². The number of aromatic nitrogens is 3. The van der Waals surface area contributed by atoms with Gasteiger partial charge in [0, 0.05) is 5.56 Å². The van der Waals surface area contributed by atoms with Gasteiger partial charge in [0.05, 0.1) is 18.5 Å². The molecule has 23 heavy (non-hydrogen) atoms. The highest BCUT2D eigenvalue weighted by Crippen LogP contribution is 2.16. The fourth-order valence-electron chi connectivity index (χ4n) is 2.50. The Morgan fingerprint density at radius 3 is 2.30 bits per heavy atom. The van der Waals surface area contributed by atoms with Crippen LogP contribution in [0.5, 0.6) is 6.01 Å². The quantitative estimate of drug-likeness (QED) is 0.544. The number of ether oxygens (including phenoxy) is 1. The van der Waals surface area contributed by atoms with E-state index in [0.717, 1.165) is 17.7 Å². The predicted molar refractivity (Wildman–Crippen MR) is 93.4 cm³/mol. The van der Waals surface area contributed by atoms with Crippen molar-refractivity contribution in [1.82, 2.24) is 15.2 Å². The molecule has 1 heterocycles. The van der Waals surface area contributed by atoms with E-state index in [2.05, 4.69) is 22.1 Å². The summed E-state index contributed by atoms with van der Waals surface area (Å²) < 4.78 is 5.63. The maximum absolute atomic E-state index is 5.63. The summed E-state index contributed by atoms with van der Waals surface area (Å²) in [6.45, 7) is 2.91. The first-order chi connectivity index (χ1) is 11.4. The molecule has 0 N–H and O–H groups in total. The lowest BCUT2D eigenvalue weighted by Crippen LogP contribution is -2.03. The van der Waals surface area contributed by atoms with Crippen molar-refractivity contribution < 1.29 is 4.74 Å². The number of hydrogen-bond donors (Lipinski definition) is 0. The molecule has 1 aromatic heterocycles. The zero-order chi connectivity index (χ0) is 16.2. The van der Waals surface area contributed by atoms with Crippen LogP contribution in [-0.4, -0.2) is 21.8 Å². The first-order valence-corrected chi connectivity index (χ1v) is 8.78. The van der Waals surface area contributed by atoms with Gasteiger partial charge in [-0.15, -0.1) is 0 Å². The summed E-state index contributed by atoms with van der Waals surface area (Å²) in [7, 11) is 0. The van der Waals surface area contributed by atoms with Gasteiger partial charge < -0.3 is 4.74 Å². The second kappa shape index (κ2) is 10.7. The second-order valence-electron chi connectivity index (χ2n) is 5.81. The van der Waals surface area contributed by atoms with Crippen molar-refractivity contribution in [2.75, 3.05) is 6.61 Å². The zero-order valence-electron chi connectivity index (χ0n) is 14.1.